The van der Waals surface area contributed by atoms with Crippen molar-refractivity contribution in [1.29, 1.82) is 0 Å². The normalized spacial score (nSPS) is 10.6. The largest absolute Gasteiger partial charge is 0.465 e. The summed E-state index contributed by atoms with van der Waals surface area (Å²) in [6, 6.07) is 8.92. The van der Waals surface area contributed by atoms with Crippen LogP contribution < -0.4 is 11.1 Å². The molecule has 27 heavy (non-hydrogen) atoms. The number of nitrogens with one attached hydrogen (secondary N) is 1. The summed E-state index contributed by atoms with van der Waals surface area (Å²) in [6.07, 6.45) is 0. The molecule has 0 spiro atoms. The van der Waals surface area contributed by atoms with Crippen LogP contribution in [0.25, 0.3) is 11.4 Å². The molecule has 0 fully saturated rings. The molecule has 140 valence electrons. The van der Waals surface area contributed by atoms with Crippen molar-refractivity contribution >= 4 is 28.2 Å². The number of carbonyl (C=O) groups excluding carboxylic acids is 2. The number of thiophene rings is 1. The Hall–Kier alpha value is -3.20. The lowest BCUT2D eigenvalue weighted by atomic mass is 10.1. The highest BCUT2D eigenvalue weighted by atomic mass is 32.1. The highest BCUT2D eigenvalue weighted by Crippen LogP contribution is 2.33. The number of hydrogen-bond acceptors (Lipinski definition) is 7. The summed E-state index contributed by atoms with van der Waals surface area (Å²) >= 11 is 1.27. The summed E-state index contributed by atoms with van der Waals surface area (Å²) in [4.78, 5) is 37.4. The molecule has 8 nitrogen and oxygen atoms in total. The average molecular weight is 387 g/mol. The van der Waals surface area contributed by atoms with E-state index in [1.54, 1.807) is 31.2 Å². The molecule has 1 aromatic carbocycles. The van der Waals surface area contributed by atoms with Crippen LogP contribution >= 0.6 is 11.3 Å². The zero-order chi connectivity index (χ0) is 19.6. The van der Waals surface area contributed by atoms with Gasteiger partial charge in [0.05, 0.1) is 12.7 Å². The summed E-state index contributed by atoms with van der Waals surface area (Å²) in [6.45, 7) is 3.33. The van der Waals surface area contributed by atoms with Crippen LogP contribution in [-0.2, 0) is 16.1 Å². The number of aryl methyl sites for hydroxylation is 1. The first-order chi connectivity index (χ1) is 12.9. The van der Waals surface area contributed by atoms with E-state index in [1.165, 1.54) is 18.4 Å². The molecule has 2 aromatic heterocycles. The molecule has 2 heterocycles. The van der Waals surface area contributed by atoms with E-state index in [9.17, 15) is 14.4 Å². The van der Waals surface area contributed by atoms with Crippen LogP contribution in [0.4, 0.5) is 5.00 Å². The summed E-state index contributed by atoms with van der Waals surface area (Å²) in [5.41, 5.74) is 1.71. The number of anilines is 1. The van der Waals surface area contributed by atoms with Crippen molar-refractivity contribution in [3.63, 3.8) is 0 Å². The van der Waals surface area contributed by atoms with Gasteiger partial charge in [0.1, 0.15) is 11.5 Å². The molecule has 0 saturated carbocycles. The molecule has 1 amide bonds. The van der Waals surface area contributed by atoms with E-state index >= 15 is 0 Å². The lowest BCUT2D eigenvalue weighted by molar-refractivity contribution is -0.116. The second kappa shape index (κ2) is 7.58. The SMILES string of the molecule is COC(=O)c1c(NC(=O)Cn2c(-c3ccccc3)noc2=O)sc(C)c1C. The van der Waals surface area contributed by atoms with Gasteiger partial charge in [0, 0.05) is 10.4 Å². The van der Waals surface area contributed by atoms with Crippen molar-refractivity contribution < 1.29 is 18.8 Å². The number of amides is 1. The lowest BCUT2D eigenvalue weighted by Crippen LogP contribution is -2.26. The first-order valence-electron chi connectivity index (χ1n) is 8.02. The van der Waals surface area contributed by atoms with Crippen molar-refractivity contribution in [3.05, 3.63) is 56.9 Å². The Labute approximate surface area is 158 Å². The van der Waals surface area contributed by atoms with Crippen molar-refractivity contribution in [3.8, 4) is 11.4 Å². The van der Waals surface area contributed by atoms with E-state index in [4.69, 9.17) is 9.26 Å². The van der Waals surface area contributed by atoms with Crippen LogP contribution in [0.5, 0.6) is 0 Å². The van der Waals surface area contributed by atoms with E-state index in [2.05, 4.69) is 10.5 Å². The Morgan fingerprint density at radius 2 is 1.96 bits per heavy atom. The molecule has 3 rings (SSSR count). The minimum atomic E-state index is -0.740. The zero-order valence-electron chi connectivity index (χ0n) is 14.9. The highest BCUT2D eigenvalue weighted by molar-refractivity contribution is 7.16. The number of carbonyl (C=O) groups is 2. The molecule has 9 heteroatoms. The van der Waals surface area contributed by atoms with Crippen LogP contribution in [0.15, 0.2) is 39.6 Å². The number of rotatable bonds is 5. The maximum atomic E-state index is 12.5. The van der Waals surface area contributed by atoms with Gasteiger partial charge in [0.25, 0.3) is 0 Å². The number of aromatic nitrogens is 2. The van der Waals surface area contributed by atoms with Gasteiger partial charge < -0.3 is 10.1 Å². The van der Waals surface area contributed by atoms with Crippen LogP contribution in [0.1, 0.15) is 20.8 Å². The minimum absolute atomic E-state index is 0.252. The van der Waals surface area contributed by atoms with Gasteiger partial charge in [-0.2, -0.15) is 0 Å². The van der Waals surface area contributed by atoms with Gasteiger partial charge in [-0.3, -0.25) is 9.32 Å². The van der Waals surface area contributed by atoms with Crippen molar-refractivity contribution in [2.45, 2.75) is 20.4 Å². The third-order valence-electron chi connectivity index (χ3n) is 4.05. The first kappa shape index (κ1) is 18.6. The van der Waals surface area contributed by atoms with Gasteiger partial charge in [-0.15, -0.1) is 11.3 Å². The van der Waals surface area contributed by atoms with Gasteiger partial charge >= 0.3 is 11.7 Å². The number of benzene rings is 1. The fourth-order valence-electron chi connectivity index (χ4n) is 2.58. The summed E-state index contributed by atoms with van der Waals surface area (Å²) in [7, 11) is 1.28. The fourth-order valence-corrected chi connectivity index (χ4v) is 3.64. The standard InChI is InChI=1S/C18H17N3O5S/c1-10-11(2)27-16(14(10)17(23)25-3)19-13(22)9-21-15(20-26-18(21)24)12-7-5-4-6-8-12/h4-8H,9H2,1-3H3,(H,19,22). The van der Waals surface area contributed by atoms with Crippen LogP contribution in [0.2, 0.25) is 0 Å². The monoisotopic (exact) mass is 387 g/mol. The van der Waals surface area contributed by atoms with Crippen LogP contribution in [0, 0.1) is 13.8 Å². The minimum Gasteiger partial charge on any atom is -0.465 e. The quantitative estimate of drug-likeness (QED) is 0.675. The first-order valence-corrected chi connectivity index (χ1v) is 8.84. The van der Waals surface area contributed by atoms with E-state index in [1.807, 2.05) is 13.0 Å². The third-order valence-corrected chi connectivity index (χ3v) is 5.17. The van der Waals surface area contributed by atoms with Crippen LogP contribution in [-0.4, -0.2) is 28.7 Å². The molecule has 1 N–H and O–H groups in total. The maximum absolute atomic E-state index is 12.5. The molecule has 0 aliphatic rings. The molecule has 0 unspecified atom stereocenters. The Morgan fingerprint density at radius 1 is 1.26 bits per heavy atom. The topological polar surface area (TPSA) is 103 Å². The van der Waals surface area contributed by atoms with Crippen LogP contribution in [0.3, 0.4) is 0 Å². The van der Waals surface area contributed by atoms with Gasteiger partial charge in [0.15, 0.2) is 5.82 Å². The van der Waals surface area contributed by atoms with Gasteiger partial charge in [-0.25, -0.2) is 14.2 Å². The Morgan fingerprint density at radius 3 is 2.63 bits per heavy atom. The Kier molecular flexibility index (Phi) is 5.22. The van der Waals surface area contributed by atoms with Crippen molar-refractivity contribution in [1.82, 2.24) is 9.72 Å². The third kappa shape index (κ3) is 3.68. The predicted molar refractivity (Wildman–Crippen MR) is 100.0 cm³/mol. The van der Waals surface area contributed by atoms with Gasteiger partial charge in [-0.05, 0) is 19.4 Å². The smallest absolute Gasteiger partial charge is 0.442 e. The van der Waals surface area contributed by atoms with E-state index < -0.39 is 17.6 Å². The molecule has 0 saturated heterocycles. The number of hydrogen-bond donors (Lipinski definition) is 1. The number of methoxy groups -OCH3 is 1. The van der Waals surface area contributed by atoms with Crippen molar-refractivity contribution in [2.24, 2.45) is 0 Å². The molecular formula is C18H17N3O5S. The van der Waals surface area contributed by atoms with E-state index in [0.717, 1.165) is 15.0 Å². The second-order valence-electron chi connectivity index (χ2n) is 5.75. The molecule has 0 atom stereocenters. The van der Waals surface area contributed by atoms with E-state index in [-0.39, 0.29) is 12.4 Å². The Bertz CT molecular complexity index is 1050. The lowest BCUT2D eigenvalue weighted by Gasteiger charge is -2.07. The molecule has 0 aliphatic carbocycles. The maximum Gasteiger partial charge on any atom is 0.442 e. The predicted octanol–water partition coefficient (Wildman–Crippen LogP) is 2.61. The number of nitrogens with zero attached hydrogens (tertiary/aromatic N) is 2. The highest BCUT2D eigenvalue weighted by Gasteiger charge is 2.23. The molecular weight excluding hydrogens is 370 g/mol. The summed E-state index contributed by atoms with van der Waals surface area (Å²) in [5, 5.41) is 6.81. The van der Waals surface area contributed by atoms with Gasteiger partial charge in [0.2, 0.25) is 5.91 Å². The molecule has 0 radical (unpaired) electrons. The fraction of sp³-hybridized carbons (Fsp3) is 0.222. The number of esters is 1. The zero-order valence-corrected chi connectivity index (χ0v) is 15.8. The molecule has 0 bridgehead atoms. The average Bonchev–Trinajstić information content (AvgIpc) is 3.15. The van der Waals surface area contributed by atoms with Gasteiger partial charge in [-0.1, -0.05) is 35.5 Å². The Balaban J connectivity index is 1.87. The van der Waals surface area contributed by atoms with Crippen molar-refractivity contribution in [2.75, 3.05) is 12.4 Å². The molecule has 0 aliphatic heterocycles. The number of ether oxygens (including phenoxy) is 1. The summed E-state index contributed by atoms with van der Waals surface area (Å²) in [5.74, 6) is -1.50. The van der Waals surface area contributed by atoms with E-state index in [0.29, 0.717) is 16.1 Å². The molecule has 3 aromatic rings. The second-order valence-corrected chi connectivity index (χ2v) is 6.98. The summed E-state index contributed by atoms with van der Waals surface area (Å²) < 4.78 is 10.6.